The molecule has 4 unspecified atom stereocenters. The molecule has 2 heterocycles. The van der Waals surface area contributed by atoms with Gasteiger partial charge in [0.05, 0.1) is 12.6 Å². The maximum absolute atomic E-state index is 13.2. The second-order valence-electron chi connectivity index (χ2n) is 7.93. The smallest absolute Gasteiger partial charge is 0.225 e. The molecule has 1 aromatic heterocycles. The Hall–Kier alpha value is -0.620. The molecule has 2 bridgehead atoms. The van der Waals surface area contributed by atoms with Crippen molar-refractivity contribution in [3.05, 3.63) is 22.4 Å². The Morgan fingerprint density at radius 1 is 1.28 bits per heavy atom. The number of amides is 1. The number of halogens is 1. The van der Waals surface area contributed by atoms with E-state index >= 15 is 0 Å². The Balaban J connectivity index is 0.00000182. The first-order valence-electron chi connectivity index (χ1n) is 9.33. The summed E-state index contributed by atoms with van der Waals surface area (Å²) in [5.41, 5.74) is 7.59. The molecule has 2 N–H and O–H groups in total. The molecule has 2 saturated carbocycles. The maximum atomic E-state index is 13.2. The van der Waals surface area contributed by atoms with Crippen LogP contribution in [0.15, 0.2) is 16.8 Å². The van der Waals surface area contributed by atoms with Gasteiger partial charge in [0.15, 0.2) is 0 Å². The number of morpholine rings is 1. The number of hydrogen-bond acceptors (Lipinski definition) is 4. The van der Waals surface area contributed by atoms with Gasteiger partial charge in [-0.3, -0.25) is 4.79 Å². The van der Waals surface area contributed by atoms with Crippen LogP contribution in [0.4, 0.5) is 0 Å². The van der Waals surface area contributed by atoms with E-state index in [1.165, 1.54) is 24.8 Å². The van der Waals surface area contributed by atoms with E-state index in [4.69, 9.17) is 10.5 Å². The van der Waals surface area contributed by atoms with Gasteiger partial charge in [-0.05, 0) is 66.8 Å². The molecule has 0 spiro atoms. The lowest BCUT2D eigenvalue weighted by Crippen LogP contribution is -2.52. The second-order valence-corrected chi connectivity index (χ2v) is 8.71. The molecule has 3 aliphatic rings. The average molecular weight is 385 g/mol. The third kappa shape index (κ3) is 3.90. The molecule has 0 aromatic carbocycles. The van der Waals surface area contributed by atoms with Gasteiger partial charge in [-0.1, -0.05) is 6.42 Å². The highest BCUT2D eigenvalue weighted by Gasteiger charge is 2.42. The summed E-state index contributed by atoms with van der Waals surface area (Å²) in [6, 6.07) is 2.44. The Morgan fingerprint density at radius 3 is 2.64 bits per heavy atom. The van der Waals surface area contributed by atoms with E-state index in [1.54, 1.807) is 11.3 Å². The van der Waals surface area contributed by atoms with E-state index in [-0.39, 0.29) is 30.5 Å². The van der Waals surface area contributed by atoms with Gasteiger partial charge in [0, 0.05) is 18.5 Å². The van der Waals surface area contributed by atoms with Crippen molar-refractivity contribution < 1.29 is 9.53 Å². The zero-order valence-corrected chi connectivity index (χ0v) is 16.4. The van der Waals surface area contributed by atoms with Crippen molar-refractivity contribution >= 4 is 29.7 Å². The standard InChI is InChI=1S/C19H28N2O2S.ClH/c1-12-9-21(10-17(23-12)15-5-6-24-11-15)19(22)16-7-13-3-2-4-14(8-16)18(13)20;/h5-6,11-14,16-18H,2-4,7-10,20H2,1H3;1H. The predicted molar refractivity (Wildman–Crippen MR) is 103 cm³/mol. The zero-order chi connectivity index (χ0) is 16.7. The Labute approximate surface area is 160 Å². The van der Waals surface area contributed by atoms with Crippen LogP contribution in [0.25, 0.3) is 0 Å². The number of carbonyl (C=O) groups is 1. The summed E-state index contributed by atoms with van der Waals surface area (Å²) in [5, 5.41) is 4.21. The van der Waals surface area contributed by atoms with E-state index in [2.05, 4.69) is 28.7 Å². The summed E-state index contributed by atoms with van der Waals surface area (Å²) >= 11 is 1.69. The fourth-order valence-corrected chi connectivity index (χ4v) is 5.72. The van der Waals surface area contributed by atoms with Crippen LogP contribution in [-0.4, -0.2) is 36.0 Å². The van der Waals surface area contributed by atoms with Gasteiger partial charge in [-0.15, -0.1) is 12.4 Å². The number of fused-ring (bicyclic) bond motifs is 2. The van der Waals surface area contributed by atoms with Gasteiger partial charge in [0.25, 0.3) is 0 Å². The molecule has 1 aliphatic heterocycles. The fourth-order valence-electron chi connectivity index (χ4n) is 5.02. The van der Waals surface area contributed by atoms with Crippen LogP contribution in [0.3, 0.4) is 0 Å². The third-order valence-corrected chi connectivity index (χ3v) is 6.95. The number of rotatable bonds is 2. The first-order chi connectivity index (χ1) is 11.6. The van der Waals surface area contributed by atoms with Gasteiger partial charge in [-0.2, -0.15) is 11.3 Å². The number of thiophene rings is 1. The summed E-state index contributed by atoms with van der Waals surface area (Å²) in [4.78, 5) is 15.2. The maximum Gasteiger partial charge on any atom is 0.225 e. The van der Waals surface area contributed by atoms with Crippen molar-refractivity contribution in [2.75, 3.05) is 13.1 Å². The third-order valence-electron chi connectivity index (χ3n) is 6.25. The molecule has 6 heteroatoms. The molecule has 4 rings (SSSR count). The molecule has 1 aromatic rings. The molecule has 1 saturated heterocycles. The molecule has 25 heavy (non-hydrogen) atoms. The Kier molecular flexibility index (Phi) is 6.09. The van der Waals surface area contributed by atoms with Crippen molar-refractivity contribution in [1.29, 1.82) is 0 Å². The van der Waals surface area contributed by atoms with Crippen LogP contribution in [-0.2, 0) is 9.53 Å². The first-order valence-corrected chi connectivity index (χ1v) is 10.3. The number of nitrogens with two attached hydrogens (primary N) is 1. The monoisotopic (exact) mass is 384 g/mol. The number of hydrogen-bond donors (Lipinski definition) is 1. The number of nitrogens with zero attached hydrogens (tertiary/aromatic N) is 1. The van der Waals surface area contributed by atoms with E-state index in [9.17, 15) is 4.79 Å². The summed E-state index contributed by atoms with van der Waals surface area (Å²) in [6.07, 6.45) is 5.80. The van der Waals surface area contributed by atoms with Gasteiger partial charge >= 0.3 is 0 Å². The molecule has 0 radical (unpaired) electrons. The first kappa shape index (κ1) is 19.2. The minimum atomic E-state index is 0. The number of carbonyl (C=O) groups excluding carboxylic acids is 1. The summed E-state index contributed by atoms with van der Waals surface area (Å²) in [6.45, 7) is 3.49. The molecular formula is C19H29ClN2O2S. The largest absolute Gasteiger partial charge is 0.367 e. The van der Waals surface area contributed by atoms with Crippen molar-refractivity contribution in [1.82, 2.24) is 4.90 Å². The number of ether oxygens (including phenoxy) is 1. The molecule has 3 fully saturated rings. The van der Waals surface area contributed by atoms with Crippen LogP contribution in [0.5, 0.6) is 0 Å². The minimum absolute atomic E-state index is 0. The lowest BCUT2D eigenvalue weighted by molar-refractivity contribution is -0.151. The average Bonchev–Trinajstić information content (AvgIpc) is 3.08. The molecule has 140 valence electrons. The quantitative estimate of drug-likeness (QED) is 0.847. The lowest BCUT2D eigenvalue weighted by Gasteiger charge is -2.45. The Bertz CT molecular complexity index is 568. The fraction of sp³-hybridized carbons (Fsp3) is 0.737. The van der Waals surface area contributed by atoms with Crippen LogP contribution >= 0.6 is 23.7 Å². The highest BCUT2D eigenvalue weighted by atomic mass is 35.5. The second kappa shape index (κ2) is 7.95. The topological polar surface area (TPSA) is 55.6 Å². The van der Waals surface area contributed by atoms with Gasteiger partial charge in [-0.25, -0.2) is 0 Å². The summed E-state index contributed by atoms with van der Waals surface area (Å²) in [5.74, 6) is 1.62. The van der Waals surface area contributed by atoms with Gasteiger partial charge < -0.3 is 15.4 Å². The molecule has 4 atom stereocenters. The van der Waals surface area contributed by atoms with Crippen LogP contribution in [0, 0.1) is 17.8 Å². The van der Waals surface area contributed by atoms with E-state index in [1.807, 2.05) is 0 Å². The highest BCUT2D eigenvalue weighted by molar-refractivity contribution is 7.07. The van der Waals surface area contributed by atoms with Gasteiger partial charge in [0.1, 0.15) is 6.10 Å². The van der Waals surface area contributed by atoms with E-state index in [0.29, 0.717) is 30.3 Å². The lowest BCUT2D eigenvalue weighted by atomic mass is 9.65. The molecule has 2 aliphatic carbocycles. The summed E-state index contributed by atoms with van der Waals surface area (Å²) < 4.78 is 6.08. The van der Waals surface area contributed by atoms with Crippen molar-refractivity contribution in [3.63, 3.8) is 0 Å². The van der Waals surface area contributed by atoms with E-state index < -0.39 is 0 Å². The molecule has 4 nitrogen and oxygen atoms in total. The van der Waals surface area contributed by atoms with Crippen molar-refractivity contribution in [2.24, 2.45) is 23.5 Å². The predicted octanol–water partition coefficient (Wildman–Crippen LogP) is 3.61. The normalized spacial score (nSPS) is 38.1. The molecular weight excluding hydrogens is 356 g/mol. The highest BCUT2D eigenvalue weighted by Crippen LogP contribution is 2.42. The minimum Gasteiger partial charge on any atom is -0.367 e. The van der Waals surface area contributed by atoms with Crippen LogP contribution < -0.4 is 5.73 Å². The van der Waals surface area contributed by atoms with Crippen LogP contribution in [0.2, 0.25) is 0 Å². The van der Waals surface area contributed by atoms with E-state index in [0.717, 1.165) is 19.4 Å². The Morgan fingerprint density at radius 2 is 2.00 bits per heavy atom. The van der Waals surface area contributed by atoms with Crippen molar-refractivity contribution in [2.45, 2.75) is 57.3 Å². The SMILES string of the molecule is CC1CN(C(=O)C2CC3CCCC(C2)C3N)CC(c2ccsc2)O1.Cl. The van der Waals surface area contributed by atoms with Gasteiger partial charge in [0.2, 0.25) is 5.91 Å². The van der Waals surface area contributed by atoms with Crippen LogP contribution in [0.1, 0.15) is 50.7 Å². The zero-order valence-electron chi connectivity index (χ0n) is 14.8. The summed E-state index contributed by atoms with van der Waals surface area (Å²) in [7, 11) is 0. The van der Waals surface area contributed by atoms with Crippen molar-refractivity contribution in [3.8, 4) is 0 Å². The molecule has 1 amide bonds.